The summed E-state index contributed by atoms with van der Waals surface area (Å²) in [5, 5.41) is 0.0901. The molecule has 6 nitrogen and oxygen atoms in total. The van der Waals surface area contributed by atoms with Gasteiger partial charge in [-0.1, -0.05) is 41.9 Å². The SMILES string of the molecule is CC(C)(C)OC(=O)Cn1c(Cl)ccc(CC(=O)OCc2ccccc2)c1=O. The lowest BCUT2D eigenvalue weighted by Gasteiger charge is -2.20. The van der Waals surface area contributed by atoms with Crippen molar-refractivity contribution in [1.29, 1.82) is 0 Å². The van der Waals surface area contributed by atoms with Gasteiger partial charge in [0.2, 0.25) is 0 Å². The second-order valence-electron chi connectivity index (χ2n) is 6.98. The van der Waals surface area contributed by atoms with Crippen LogP contribution in [0.3, 0.4) is 0 Å². The Hall–Kier alpha value is -2.60. The highest BCUT2D eigenvalue weighted by Crippen LogP contribution is 2.11. The zero-order valence-electron chi connectivity index (χ0n) is 15.5. The molecule has 0 N–H and O–H groups in total. The molecule has 0 fully saturated rings. The molecule has 1 heterocycles. The molecule has 0 aliphatic heterocycles. The van der Waals surface area contributed by atoms with Crippen LogP contribution in [0.4, 0.5) is 0 Å². The molecule has 0 spiro atoms. The number of nitrogens with zero attached hydrogens (tertiary/aromatic N) is 1. The molecule has 27 heavy (non-hydrogen) atoms. The third kappa shape index (κ3) is 6.57. The third-order valence-electron chi connectivity index (χ3n) is 3.48. The van der Waals surface area contributed by atoms with Crippen molar-refractivity contribution in [2.45, 2.75) is 45.9 Å². The molecule has 0 bridgehead atoms. The van der Waals surface area contributed by atoms with Crippen molar-refractivity contribution in [3.8, 4) is 0 Å². The number of hydrogen-bond acceptors (Lipinski definition) is 5. The van der Waals surface area contributed by atoms with Gasteiger partial charge in [-0.2, -0.15) is 0 Å². The summed E-state index contributed by atoms with van der Waals surface area (Å²) < 4.78 is 11.5. The van der Waals surface area contributed by atoms with Crippen molar-refractivity contribution >= 4 is 23.5 Å². The molecule has 0 unspecified atom stereocenters. The maximum atomic E-state index is 12.6. The smallest absolute Gasteiger partial charge is 0.326 e. The van der Waals surface area contributed by atoms with Gasteiger partial charge in [0.1, 0.15) is 23.9 Å². The standard InChI is InChI=1S/C20H22ClNO5/c1-20(2,3)27-18(24)12-22-16(21)10-9-15(19(22)25)11-17(23)26-13-14-7-5-4-6-8-14/h4-10H,11-13H2,1-3H3. The van der Waals surface area contributed by atoms with E-state index < -0.39 is 23.1 Å². The van der Waals surface area contributed by atoms with Crippen molar-refractivity contribution < 1.29 is 19.1 Å². The number of carbonyl (C=O) groups excluding carboxylic acids is 2. The number of benzene rings is 1. The molecule has 0 aliphatic rings. The molecule has 0 saturated heterocycles. The van der Waals surface area contributed by atoms with Crippen LogP contribution in [-0.2, 0) is 38.6 Å². The second kappa shape index (κ2) is 8.86. The van der Waals surface area contributed by atoms with Gasteiger partial charge in [0, 0.05) is 5.56 Å². The number of aromatic nitrogens is 1. The zero-order valence-corrected chi connectivity index (χ0v) is 16.3. The van der Waals surface area contributed by atoms with E-state index in [9.17, 15) is 14.4 Å². The molecule has 144 valence electrons. The average Bonchev–Trinajstić information content (AvgIpc) is 2.59. The monoisotopic (exact) mass is 391 g/mol. The molecule has 0 atom stereocenters. The van der Waals surface area contributed by atoms with E-state index in [4.69, 9.17) is 21.1 Å². The fourth-order valence-electron chi connectivity index (χ4n) is 2.33. The summed E-state index contributed by atoms with van der Waals surface area (Å²) in [4.78, 5) is 36.6. The summed E-state index contributed by atoms with van der Waals surface area (Å²) in [6, 6.07) is 12.2. The maximum Gasteiger partial charge on any atom is 0.326 e. The van der Waals surface area contributed by atoms with Gasteiger partial charge in [-0.15, -0.1) is 0 Å². The average molecular weight is 392 g/mol. The molecular formula is C20H22ClNO5. The van der Waals surface area contributed by atoms with Crippen molar-refractivity contribution in [1.82, 2.24) is 4.57 Å². The summed E-state index contributed by atoms with van der Waals surface area (Å²) in [6.45, 7) is 4.98. The molecule has 0 radical (unpaired) electrons. The van der Waals surface area contributed by atoms with Crippen LogP contribution in [0.15, 0.2) is 47.3 Å². The van der Waals surface area contributed by atoms with Gasteiger partial charge in [0.05, 0.1) is 6.42 Å². The van der Waals surface area contributed by atoms with E-state index in [1.165, 1.54) is 12.1 Å². The Morgan fingerprint density at radius 2 is 1.70 bits per heavy atom. The van der Waals surface area contributed by atoms with E-state index >= 15 is 0 Å². The molecule has 1 aromatic carbocycles. The number of hydrogen-bond donors (Lipinski definition) is 0. The van der Waals surface area contributed by atoms with Crippen molar-refractivity contribution in [2.75, 3.05) is 0 Å². The first-order valence-electron chi connectivity index (χ1n) is 8.45. The minimum Gasteiger partial charge on any atom is -0.461 e. The van der Waals surface area contributed by atoms with E-state index in [0.717, 1.165) is 10.1 Å². The lowest BCUT2D eigenvalue weighted by Crippen LogP contribution is -2.32. The predicted molar refractivity (Wildman–Crippen MR) is 101 cm³/mol. The lowest BCUT2D eigenvalue weighted by molar-refractivity contribution is -0.155. The van der Waals surface area contributed by atoms with Crippen LogP contribution < -0.4 is 5.56 Å². The number of esters is 2. The van der Waals surface area contributed by atoms with E-state index in [-0.39, 0.29) is 30.3 Å². The fraction of sp³-hybridized carbons (Fsp3) is 0.350. The predicted octanol–water partition coefficient (Wildman–Crippen LogP) is 3.13. The van der Waals surface area contributed by atoms with E-state index in [2.05, 4.69) is 0 Å². The number of rotatable bonds is 6. The largest absolute Gasteiger partial charge is 0.461 e. The first kappa shape index (κ1) is 20.7. The van der Waals surface area contributed by atoms with Gasteiger partial charge in [-0.3, -0.25) is 19.0 Å². The Balaban J connectivity index is 2.06. The van der Waals surface area contributed by atoms with Gasteiger partial charge >= 0.3 is 11.9 Å². The number of ether oxygens (including phenoxy) is 2. The van der Waals surface area contributed by atoms with Crippen LogP contribution in [-0.4, -0.2) is 22.1 Å². The minimum absolute atomic E-state index is 0.0901. The second-order valence-corrected chi connectivity index (χ2v) is 7.37. The Morgan fingerprint density at radius 1 is 1.04 bits per heavy atom. The third-order valence-corrected chi connectivity index (χ3v) is 3.81. The number of carbonyl (C=O) groups is 2. The maximum absolute atomic E-state index is 12.6. The summed E-state index contributed by atoms with van der Waals surface area (Å²) in [5.41, 5.74) is -0.151. The van der Waals surface area contributed by atoms with Gasteiger partial charge in [0.25, 0.3) is 5.56 Å². The fourth-order valence-corrected chi connectivity index (χ4v) is 2.53. The lowest BCUT2D eigenvalue weighted by atomic mass is 10.2. The van der Waals surface area contributed by atoms with Gasteiger partial charge in [-0.25, -0.2) is 0 Å². The van der Waals surface area contributed by atoms with Crippen LogP contribution in [0.2, 0.25) is 5.15 Å². The van der Waals surface area contributed by atoms with Crippen molar-refractivity contribution in [2.24, 2.45) is 0 Å². The summed E-state index contributed by atoms with van der Waals surface area (Å²) in [7, 11) is 0. The normalized spacial score (nSPS) is 11.1. The Labute approximate surface area is 162 Å². The Morgan fingerprint density at radius 3 is 2.33 bits per heavy atom. The summed E-state index contributed by atoms with van der Waals surface area (Å²) in [6.07, 6.45) is -0.211. The van der Waals surface area contributed by atoms with E-state index in [1.807, 2.05) is 30.3 Å². The van der Waals surface area contributed by atoms with Crippen LogP contribution >= 0.6 is 11.6 Å². The minimum atomic E-state index is -0.675. The van der Waals surface area contributed by atoms with Crippen molar-refractivity contribution in [3.05, 3.63) is 69.1 Å². The van der Waals surface area contributed by atoms with E-state index in [0.29, 0.717) is 0 Å². The van der Waals surface area contributed by atoms with Crippen LogP contribution in [0.5, 0.6) is 0 Å². The molecule has 0 saturated carbocycles. The number of halogens is 1. The van der Waals surface area contributed by atoms with Crippen LogP contribution in [0.25, 0.3) is 0 Å². The molecule has 2 aromatic rings. The Kier molecular flexibility index (Phi) is 6.80. The number of pyridine rings is 1. The first-order chi connectivity index (χ1) is 12.7. The highest BCUT2D eigenvalue weighted by molar-refractivity contribution is 6.29. The topological polar surface area (TPSA) is 74.6 Å². The first-order valence-corrected chi connectivity index (χ1v) is 8.83. The molecular weight excluding hydrogens is 370 g/mol. The van der Waals surface area contributed by atoms with E-state index in [1.54, 1.807) is 20.8 Å². The van der Waals surface area contributed by atoms with Gasteiger partial charge in [-0.05, 0) is 38.5 Å². The van der Waals surface area contributed by atoms with Crippen molar-refractivity contribution in [3.63, 3.8) is 0 Å². The summed E-state index contributed by atoms with van der Waals surface area (Å²) >= 11 is 6.03. The highest BCUT2D eigenvalue weighted by atomic mass is 35.5. The van der Waals surface area contributed by atoms with Gasteiger partial charge in [0.15, 0.2) is 0 Å². The molecule has 0 amide bonds. The Bertz CT molecular complexity index is 868. The quantitative estimate of drug-likeness (QED) is 0.558. The zero-order chi connectivity index (χ0) is 20.0. The van der Waals surface area contributed by atoms with Crippen LogP contribution in [0, 0.1) is 0 Å². The van der Waals surface area contributed by atoms with Crippen LogP contribution in [0.1, 0.15) is 31.9 Å². The molecule has 7 heteroatoms. The van der Waals surface area contributed by atoms with Gasteiger partial charge < -0.3 is 9.47 Å². The summed E-state index contributed by atoms with van der Waals surface area (Å²) in [5.74, 6) is -1.13. The molecule has 0 aliphatic carbocycles. The highest BCUT2D eigenvalue weighted by Gasteiger charge is 2.19. The molecule has 1 aromatic heterocycles. The molecule has 2 rings (SSSR count).